The number of fused-ring (bicyclic) bond motifs is 3. The van der Waals surface area contributed by atoms with Crippen molar-refractivity contribution in [2.45, 2.75) is 62.1 Å². The summed E-state index contributed by atoms with van der Waals surface area (Å²) in [5.41, 5.74) is 6.83. The maximum absolute atomic E-state index is 14.3. The van der Waals surface area contributed by atoms with Gasteiger partial charge in [-0.2, -0.15) is 25.8 Å². The molecule has 2 aromatic rings. The molecule has 10 nitrogen and oxygen atoms in total. The van der Waals surface area contributed by atoms with Gasteiger partial charge >= 0.3 is 6.01 Å². The van der Waals surface area contributed by atoms with Gasteiger partial charge in [-0.3, -0.25) is 4.90 Å². The summed E-state index contributed by atoms with van der Waals surface area (Å²) >= 11 is 1.49. The highest BCUT2D eigenvalue weighted by atomic mass is 32.1. The number of hydrogen-bond donors (Lipinski definition) is 1. The van der Waals surface area contributed by atoms with Crippen molar-refractivity contribution in [3.8, 4) is 30.1 Å². The third kappa shape index (κ3) is 3.79. The van der Waals surface area contributed by atoms with Crippen LogP contribution in [0.25, 0.3) is 0 Å². The largest absolute Gasteiger partial charge is 0.475 e. The predicted molar refractivity (Wildman–Crippen MR) is 144 cm³/mol. The van der Waals surface area contributed by atoms with E-state index in [0.717, 1.165) is 50.6 Å². The monoisotopic (exact) mass is 560 g/mol. The molecule has 40 heavy (non-hydrogen) atoms. The van der Waals surface area contributed by atoms with Gasteiger partial charge in [0.15, 0.2) is 11.4 Å². The highest BCUT2D eigenvalue weighted by Gasteiger charge is 2.53. The molecule has 2 aromatic heterocycles. The zero-order chi connectivity index (χ0) is 27.7. The Morgan fingerprint density at radius 2 is 1.85 bits per heavy atom. The van der Waals surface area contributed by atoms with E-state index in [1.54, 1.807) is 0 Å². The molecule has 1 spiro atoms. The molecule has 0 aromatic carbocycles. The second-order valence-corrected chi connectivity index (χ2v) is 13.2. The van der Waals surface area contributed by atoms with E-state index in [-0.39, 0.29) is 41.6 Å². The number of thiophene rings is 1. The van der Waals surface area contributed by atoms with Crippen LogP contribution in [-0.4, -0.2) is 66.0 Å². The summed E-state index contributed by atoms with van der Waals surface area (Å²) in [6.45, 7) is 2.83. The summed E-state index contributed by atoms with van der Waals surface area (Å²) in [5, 5.41) is 30.0. The molecule has 5 aliphatic rings. The van der Waals surface area contributed by atoms with E-state index in [1.165, 1.54) is 16.2 Å². The van der Waals surface area contributed by atoms with Crippen LogP contribution in [0.15, 0.2) is 0 Å². The number of nitrogens with zero attached hydrogens (tertiary/aromatic N) is 7. The van der Waals surface area contributed by atoms with Crippen LogP contribution in [0.3, 0.4) is 0 Å². The standard InChI is InChI=1S/C28H29FN8O2S/c29-17-8-28(3-1-7-37(28)11-17)16-39-25-34-23(19(10-31)24(35-25)38-15-26(12-32)5-6-26)36-13-27(14-36)4-2-20-21(27)18(9-30)22(33)40-20/h17H,1-8,11,13-16,33H2/t17-,28+/m1/s1. The van der Waals surface area contributed by atoms with Gasteiger partial charge in [0.2, 0.25) is 5.88 Å². The fourth-order valence-electron chi connectivity index (χ4n) is 7.17. The predicted octanol–water partition coefficient (Wildman–Crippen LogP) is 3.21. The fraction of sp³-hybridized carbons (Fsp3) is 0.607. The number of aryl methyl sites for hydroxylation is 1. The number of aromatic nitrogens is 2. The lowest BCUT2D eigenvalue weighted by atomic mass is 9.74. The van der Waals surface area contributed by atoms with Crippen molar-refractivity contribution in [2.24, 2.45) is 5.41 Å². The molecule has 2 N–H and O–H groups in total. The topological polar surface area (TPSA) is 148 Å². The Kier molecular flexibility index (Phi) is 5.65. The van der Waals surface area contributed by atoms with Gasteiger partial charge < -0.3 is 20.1 Å². The number of nitrogen functional groups attached to an aromatic ring is 1. The second kappa shape index (κ2) is 8.92. The number of ether oxygens (including phenoxy) is 2. The number of anilines is 2. The Morgan fingerprint density at radius 1 is 1.05 bits per heavy atom. The molecule has 2 atom stereocenters. The highest BCUT2D eigenvalue weighted by Crippen LogP contribution is 2.53. The molecule has 0 amide bonds. The second-order valence-electron chi connectivity index (χ2n) is 12.1. The molecule has 3 aliphatic heterocycles. The molecule has 0 radical (unpaired) electrons. The number of hydrogen-bond acceptors (Lipinski definition) is 11. The van der Waals surface area contributed by atoms with E-state index in [0.29, 0.717) is 42.4 Å². The first-order chi connectivity index (χ1) is 19.3. The van der Waals surface area contributed by atoms with Gasteiger partial charge in [0.25, 0.3) is 0 Å². The Balaban J connectivity index is 1.19. The Bertz CT molecular complexity index is 1510. The van der Waals surface area contributed by atoms with Crippen LogP contribution >= 0.6 is 11.3 Å². The van der Waals surface area contributed by atoms with Crippen molar-refractivity contribution in [1.29, 1.82) is 15.8 Å². The molecular formula is C28H29FN8O2S. The zero-order valence-corrected chi connectivity index (χ0v) is 22.9. The van der Waals surface area contributed by atoms with Crippen molar-refractivity contribution >= 4 is 22.2 Å². The summed E-state index contributed by atoms with van der Waals surface area (Å²) in [4.78, 5) is 14.5. The summed E-state index contributed by atoms with van der Waals surface area (Å²) in [6.07, 6.45) is 4.68. The van der Waals surface area contributed by atoms with E-state index in [2.05, 4.69) is 33.1 Å². The molecule has 206 valence electrons. The van der Waals surface area contributed by atoms with Crippen LogP contribution in [0, 0.1) is 39.4 Å². The molecule has 0 unspecified atom stereocenters. The van der Waals surface area contributed by atoms with Gasteiger partial charge in [0.05, 0.1) is 22.6 Å². The van der Waals surface area contributed by atoms with E-state index < -0.39 is 11.6 Å². The van der Waals surface area contributed by atoms with Crippen LogP contribution in [0.1, 0.15) is 60.1 Å². The lowest BCUT2D eigenvalue weighted by Crippen LogP contribution is -2.59. The van der Waals surface area contributed by atoms with Crippen molar-refractivity contribution in [3.63, 3.8) is 0 Å². The van der Waals surface area contributed by atoms with E-state index in [4.69, 9.17) is 15.2 Å². The van der Waals surface area contributed by atoms with Crippen LogP contribution in [0.4, 0.5) is 15.2 Å². The van der Waals surface area contributed by atoms with E-state index in [9.17, 15) is 20.2 Å². The first-order valence-electron chi connectivity index (χ1n) is 13.8. The van der Waals surface area contributed by atoms with Gasteiger partial charge in [0, 0.05) is 36.3 Å². The fourth-order valence-corrected chi connectivity index (χ4v) is 8.31. The number of nitrogens with two attached hydrogens (primary N) is 1. The first-order valence-corrected chi connectivity index (χ1v) is 14.6. The van der Waals surface area contributed by atoms with Crippen LogP contribution < -0.4 is 20.1 Å². The van der Waals surface area contributed by atoms with Crippen molar-refractivity contribution in [2.75, 3.05) is 50.0 Å². The number of alkyl halides is 1. The highest BCUT2D eigenvalue weighted by molar-refractivity contribution is 7.16. The third-order valence-electron chi connectivity index (χ3n) is 9.52. The number of rotatable bonds is 7. The van der Waals surface area contributed by atoms with Gasteiger partial charge in [0.1, 0.15) is 36.5 Å². The van der Waals surface area contributed by atoms with E-state index in [1.807, 2.05) is 4.90 Å². The molecule has 12 heteroatoms. The first kappa shape index (κ1) is 25.3. The summed E-state index contributed by atoms with van der Waals surface area (Å²) in [7, 11) is 0. The molecule has 5 heterocycles. The average Bonchev–Trinajstić information content (AvgIpc) is 3.12. The summed E-state index contributed by atoms with van der Waals surface area (Å²) in [5.74, 6) is 0.519. The minimum atomic E-state index is -0.876. The Morgan fingerprint density at radius 3 is 2.58 bits per heavy atom. The quantitative estimate of drug-likeness (QED) is 0.535. The Labute approximate surface area is 235 Å². The van der Waals surface area contributed by atoms with Crippen LogP contribution in [-0.2, 0) is 11.8 Å². The molecule has 3 saturated heterocycles. The molecule has 2 aliphatic carbocycles. The molecular weight excluding hydrogens is 531 g/mol. The van der Waals surface area contributed by atoms with Gasteiger partial charge in [-0.05, 0) is 50.6 Å². The van der Waals surface area contributed by atoms with Crippen LogP contribution in [0.5, 0.6) is 11.9 Å². The lowest BCUT2D eigenvalue weighted by molar-refractivity contribution is 0.106. The SMILES string of the molecule is N#Cc1c(OCC2(C#N)CC2)nc(OC[C@@]23CCCN2C[C@H](F)C3)nc1N1CC2(CCc3sc(N)c(C#N)c32)C1. The third-order valence-corrected chi connectivity index (χ3v) is 10.6. The maximum atomic E-state index is 14.3. The van der Waals surface area contributed by atoms with Gasteiger partial charge in [-0.25, -0.2) is 4.39 Å². The zero-order valence-electron chi connectivity index (χ0n) is 22.1. The molecule has 7 rings (SSSR count). The van der Waals surface area contributed by atoms with Crippen molar-refractivity contribution in [3.05, 3.63) is 21.6 Å². The van der Waals surface area contributed by atoms with Crippen molar-refractivity contribution in [1.82, 2.24) is 14.9 Å². The maximum Gasteiger partial charge on any atom is 0.321 e. The number of nitriles is 3. The molecule has 4 fully saturated rings. The lowest BCUT2D eigenvalue weighted by Gasteiger charge is -2.49. The number of halogens is 1. The van der Waals surface area contributed by atoms with E-state index >= 15 is 0 Å². The average molecular weight is 561 g/mol. The summed E-state index contributed by atoms with van der Waals surface area (Å²) in [6, 6.07) is 6.91. The molecule has 1 saturated carbocycles. The minimum absolute atomic E-state index is 0.0832. The normalized spacial score (nSPS) is 26.9. The van der Waals surface area contributed by atoms with Crippen LogP contribution in [0.2, 0.25) is 0 Å². The Hall–Kier alpha value is -3.66. The van der Waals surface area contributed by atoms with Gasteiger partial charge in [-0.1, -0.05) is 0 Å². The van der Waals surface area contributed by atoms with Gasteiger partial charge in [-0.15, -0.1) is 11.3 Å². The molecule has 0 bridgehead atoms. The van der Waals surface area contributed by atoms with Crippen molar-refractivity contribution < 1.29 is 13.9 Å². The summed E-state index contributed by atoms with van der Waals surface area (Å²) < 4.78 is 26.5. The smallest absolute Gasteiger partial charge is 0.321 e. The minimum Gasteiger partial charge on any atom is -0.475 e.